The van der Waals surface area contributed by atoms with Gasteiger partial charge in [-0.2, -0.15) is 0 Å². The lowest BCUT2D eigenvalue weighted by atomic mass is 10.3. The number of hydrogen-bond acceptors (Lipinski definition) is 9. The van der Waals surface area contributed by atoms with Crippen LogP contribution in [0.4, 0.5) is 17.3 Å². The van der Waals surface area contributed by atoms with Crippen molar-refractivity contribution in [2.45, 2.75) is 6.92 Å². The van der Waals surface area contributed by atoms with Gasteiger partial charge >= 0.3 is 5.97 Å². The van der Waals surface area contributed by atoms with Crippen LogP contribution >= 0.6 is 0 Å². The minimum Gasteiger partial charge on any atom is -0.461 e. The van der Waals surface area contributed by atoms with E-state index in [0.29, 0.717) is 30.5 Å². The number of nitrogens with zero attached hydrogens (tertiary/aromatic N) is 4. The molecule has 0 atom stereocenters. The third-order valence-electron chi connectivity index (χ3n) is 2.69. The van der Waals surface area contributed by atoms with E-state index in [4.69, 9.17) is 9.47 Å². The Morgan fingerprint density at radius 1 is 1.26 bits per heavy atom. The lowest BCUT2D eigenvalue weighted by molar-refractivity contribution is 0.0520. The molecule has 0 aliphatic heterocycles. The van der Waals surface area contributed by atoms with Crippen molar-refractivity contribution in [2.75, 3.05) is 37.5 Å². The van der Waals surface area contributed by atoms with E-state index in [0.717, 1.165) is 0 Å². The number of anilines is 3. The van der Waals surface area contributed by atoms with E-state index in [1.807, 2.05) is 0 Å². The molecule has 122 valence electrons. The maximum atomic E-state index is 12.1. The van der Waals surface area contributed by atoms with Crippen molar-refractivity contribution in [3.05, 3.63) is 30.6 Å². The molecule has 2 aromatic heterocycles. The standard InChI is InChI=1S/C14H18N6O3/c1-3-23-13(21)12-11(19-10-6-15-9-16-7-10)8-18-14(20-12)17-4-5-22-2/h6-9,19H,3-5H2,1-2H3,(H,17,18,20). The molecule has 0 aliphatic carbocycles. The molecule has 0 saturated carbocycles. The fraction of sp³-hybridized carbons (Fsp3) is 0.357. The predicted octanol–water partition coefficient (Wildman–Crippen LogP) is 1.25. The molecule has 2 N–H and O–H groups in total. The van der Waals surface area contributed by atoms with Gasteiger partial charge in [-0.05, 0) is 6.92 Å². The quantitative estimate of drug-likeness (QED) is 0.548. The summed E-state index contributed by atoms with van der Waals surface area (Å²) in [6.45, 7) is 3.01. The molecular weight excluding hydrogens is 300 g/mol. The second kappa shape index (κ2) is 8.59. The molecule has 23 heavy (non-hydrogen) atoms. The van der Waals surface area contributed by atoms with Crippen LogP contribution in [0.25, 0.3) is 0 Å². The zero-order chi connectivity index (χ0) is 16.5. The zero-order valence-corrected chi connectivity index (χ0v) is 12.9. The molecule has 2 heterocycles. The van der Waals surface area contributed by atoms with Crippen molar-refractivity contribution < 1.29 is 14.3 Å². The van der Waals surface area contributed by atoms with Gasteiger partial charge in [0.2, 0.25) is 5.95 Å². The molecule has 2 rings (SSSR count). The molecule has 0 radical (unpaired) electrons. The minimum atomic E-state index is -0.538. The first-order valence-electron chi connectivity index (χ1n) is 7.03. The van der Waals surface area contributed by atoms with E-state index in [9.17, 15) is 4.79 Å². The van der Waals surface area contributed by atoms with Gasteiger partial charge in [-0.25, -0.2) is 24.7 Å². The largest absolute Gasteiger partial charge is 0.461 e. The first-order chi connectivity index (χ1) is 11.2. The van der Waals surface area contributed by atoms with Crippen LogP contribution in [0.5, 0.6) is 0 Å². The van der Waals surface area contributed by atoms with Gasteiger partial charge in [0.1, 0.15) is 6.33 Å². The minimum absolute atomic E-state index is 0.130. The van der Waals surface area contributed by atoms with Gasteiger partial charge in [-0.15, -0.1) is 0 Å². The fourth-order valence-electron chi connectivity index (χ4n) is 1.70. The molecule has 9 nitrogen and oxygen atoms in total. The summed E-state index contributed by atoms with van der Waals surface area (Å²) in [6.07, 6.45) is 6.07. The highest BCUT2D eigenvalue weighted by atomic mass is 16.5. The van der Waals surface area contributed by atoms with Crippen molar-refractivity contribution in [1.29, 1.82) is 0 Å². The van der Waals surface area contributed by atoms with Crippen molar-refractivity contribution in [1.82, 2.24) is 19.9 Å². The average molecular weight is 318 g/mol. The molecule has 0 spiro atoms. The van der Waals surface area contributed by atoms with E-state index < -0.39 is 5.97 Å². The maximum Gasteiger partial charge on any atom is 0.359 e. The van der Waals surface area contributed by atoms with E-state index in [2.05, 4.69) is 30.6 Å². The number of rotatable bonds is 8. The highest BCUT2D eigenvalue weighted by molar-refractivity contribution is 5.94. The summed E-state index contributed by atoms with van der Waals surface area (Å²) in [4.78, 5) is 28.3. The van der Waals surface area contributed by atoms with Crippen molar-refractivity contribution in [2.24, 2.45) is 0 Å². The average Bonchev–Trinajstić information content (AvgIpc) is 2.57. The predicted molar refractivity (Wildman–Crippen MR) is 83.7 cm³/mol. The van der Waals surface area contributed by atoms with Crippen molar-refractivity contribution >= 4 is 23.3 Å². The van der Waals surface area contributed by atoms with Crippen LogP contribution in [0.1, 0.15) is 17.4 Å². The SMILES string of the molecule is CCOC(=O)c1nc(NCCOC)ncc1Nc1cncnc1. The second-order valence-electron chi connectivity index (χ2n) is 4.35. The summed E-state index contributed by atoms with van der Waals surface area (Å²) >= 11 is 0. The van der Waals surface area contributed by atoms with Gasteiger partial charge in [-0.3, -0.25) is 0 Å². The number of carbonyl (C=O) groups excluding carboxylic acids is 1. The highest BCUT2D eigenvalue weighted by Gasteiger charge is 2.17. The van der Waals surface area contributed by atoms with Gasteiger partial charge in [0.05, 0.1) is 43.2 Å². The molecule has 0 saturated heterocycles. The Labute approximate surface area is 133 Å². The molecular formula is C14H18N6O3. The van der Waals surface area contributed by atoms with Crippen LogP contribution < -0.4 is 10.6 Å². The van der Waals surface area contributed by atoms with Crippen LogP contribution in [0.15, 0.2) is 24.9 Å². The Hall–Kier alpha value is -2.81. The number of ether oxygens (including phenoxy) is 2. The lowest BCUT2D eigenvalue weighted by Gasteiger charge is -2.11. The maximum absolute atomic E-state index is 12.1. The Morgan fingerprint density at radius 2 is 2.04 bits per heavy atom. The smallest absolute Gasteiger partial charge is 0.359 e. The summed E-state index contributed by atoms with van der Waals surface area (Å²) < 4.78 is 9.98. The molecule has 9 heteroatoms. The van der Waals surface area contributed by atoms with Crippen LogP contribution in [-0.4, -0.2) is 52.8 Å². The zero-order valence-electron chi connectivity index (χ0n) is 12.9. The summed E-state index contributed by atoms with van der Waals surface area (Å²) in [5.41, 5.74) is 1.16. The Bertz CT molecular complexity index is 638. The van der Waals surface area contributed by atoms with Crippen LogP contribution in [0.2, 0.25) is 0 Å². The number of hydrogen-bond donors (Lipinski definition) is 2. The first-order valence-corrected chi connectivity index (χ1v) is 7.03. The van der Waals surface area contributed by atoms with Crippen molar-refractivity contribution in [3.63, 3.8) is 0 Å². The summed E-state index contributed by atoms with van der Waals surface area (Å²) in [6, 6.07) is 0. The van der Waals surface area contributed by atoms with Gasteiger partial charge in [-0.1, -0.05) is 0 Å². The fourth-order valence-corrected chi connectivity index (χ4v) is 1.70. The van der Waals surface area contributed by atoms with Crippen LogP contribution in [0.3, 0.4) is 0 Å². The van der Waals surface area contributed by atoms with Gasteiger partial charge in [0.25, 0.3) is 0 Å². The van der Waals surface area contributed by atoms with E-state index in [1.54, 1.807) is 26.4 Å². The number of aromatic nitrogens is 4. The molecule has 0 aliphatic rings. The van der Waals surface area contributed by atoms with Crippen LogP contribution in [-0.2, 0) is 9.47 Å². The van der Waals surface area contributed by atoms with Crippen molar-refractivity contribution in [3.8, 4) is 0 Å². The summed E-state index contributed by atoms with van der Waals surface area (Å²) in [5, 5.41) is 5.97. The van der Waals surface area contributed by atoms with E-state index in [1.165, 1.54) is 12.5 Å². The molecule has 0 unspecified atom stereocenters. The number of carbonyl (C=O) groups is 1. The third-order valence-corrected chi connectivity index (χ3v) is 2.69. The Balaban J connectivity index is 2.23. The molecule has 0 amide bonds. The highest BCUT2D eigenvalue weighted by Crippen LogP contribution is 2.19. The molecule has 0 aromatic carbocycles. The monoisotopic (exact) mass is 318 g/mol. The van der Waals surface area contributed by atoms with Gasteiger partial charge in [0.15, 0.2) is 5.69 Å². The van der Waals surface area contributed by atoms with Gasteiger partial charge in [0, 0.05) is 13.7 Å². The number of nitrogens with one attached hydrogen (secondary N) is 2. The normalized spacial score (nSPS) is 10.2. The number of methoxy groups -OCH3 is 1. The summed E-state index contributed by atoms with van der Waals surface area (Å²) in [7, 11) is 1.60. The van der Waals surface area contributed by atoms with Gasteiger partial charge < -0.3 is 20.1 Å². The third kappa shape index (κ3) is 4.85. The van der Waals surface area contributed by atoms with Crippen LogP contribution in [0, 0.1) is 0 Å². The first kappa shape index (κ1) is 16.6. The number of esters is 1. The molecule has 0 bridgehead atoms. The van der Waals surface area contributed by atoms with E-state index in [-0.39, 0.29) is 12.3 Å². The molecule has 2 aromatic rings. The Kier molecular flexibility index (Phi) is 6.18. The summed E-state index contributed by atoms with van der Waals surface area (Å²) in [5.74, 6) is -0.219. The molecule has 0 fully saturated rings. The Morgan fingerprint density at radius 3 is 2.74 bits per heavy atom. The van der Waals surface area contributed by atoms with E-state index >= 15 is 0 Å². The topological polar surface area (TPSA) is 111 Å². The lowest BCUT2D eigenvalue weighted by Crippen LogP contribution is -2.15. The second-order valence-corrected chi connectivity index (χ2v) is 4.35.